The SMILES string of the molecule is CC(C)C[C@H](CNC(=O)c1ccc2ccccc2c1)N1CCOCC1. The molecule has 1 amide bonds. The molecule has 1 atom stereocenters. The Kier molecular flexibility index (Phi) is 6.05. The molecule has 3 rings (SSSR count). The van der Waals surface area contributed by atoms with E-state index >= 15 is 0 Å². The predicted octanol–water partition coefficient (Wildman–Crippen LogP) is 3.32. The lowest BCUT2D eigenvalue weighted by molar-refractivity contribution is 0.0124. The second kappa shape index (κ2) is 8.45. The summed E-state index contributed by atoms with van der Waals surface area (Å²) in [5.41, 5.74) is 0.726. The maximum Gasteiger partial charge on any atom is 0.251 e. The Labute approximate surface area is 150 Å². The van der Waals surface area contributed by atoms with Gasteiger partial charge >= 0.3 is 0 Å². The number of nitrogens with one attached hydrogen (secondary N) is 1. The van der Waals surface area contributed by atoms with Gasteiger partial charge < -0.3 is 10.1 Å². The Bertz CT molecular complexity index is 708. The van der Waals surface area contributed by atoms with Crippen LogP contribution in [0.25, 0.3) is 10.8 Å². The first-order chi connectivity index (χ1) is 12.1. The van der Waals surface area contributed by atoms with Crippen molar-refractivity contribution in [2.24, 2.45) is 5.92 Å². The first-order valence-electron chi connectivity index (χ1n) is 9.22. The summed E-state index contributed by atoms with van der Waals surface area (Å²) in [6, 6.07) is 14.4. The number of nitrogens with zero attached hydrogens (tertiary/aromatic N) is 1. The molecular weight excluding hydrogens is 312 g/mol. The highest BCUT2D eigenvalue weighted by Gasteiger charge is 2.22. The van der Waals surface area contributed by atoms with Crippen molar-refractivity contribution in [1.82, 2.24) is 10.2 Å². The molecule has 2 aromatic rings. The largest absolute Gasteiger partial charge is 0.379 e. The predicted molar refractivity (Wildman–Crippen MR) is 102 cm³/mol. The number of carbonyl (C=O) groups is 1. The van der Waals surface area contributed by atoms with Crippen LogP contribution in [0.2, 0.25) is 0 Å². The number of hydrogen-bond acceptors (Lipinski definition) is 3. The van der Waals surface area contributed by atoms with Crippen LogP contribution >= 0.6 is 0 Å². The van der Waals surface area contributed by atoms with Crippen LogP contribution in [0.15, 0.2) is 42.5 Å². The van der Waals surface area contributed by atoms with Crippen molar-refractivity contribution in [3.8, 4) is 0 Å². The molecule has 2 aromatic carbocycles. The number of carbonyl (C=O) groups excluding carboxylic acids is 1. The third-order valence-corrected chi connectivity index (χ3v) is 4.82. The van der Waals surface area contributed by atoms with Gasteiger partial charge in [0.2, 0.25) is 0 Å². The summed E-state index contributed by atoms with van der Waals surface area (Å²) in [6.07, 6.45) is 1.08. The highest BCUT2D eigenvalue weighted by atomic mass is 16.5. The zero-order valence-corrected chi connectivity index (χ0v) is 15.2. The molecule has 1 saturated heterocycles. The van der Waals surface area contributed by atoms with Gasteiger partial charge in [0.15, 0.2) is 0 Å². The van der Waals surface area contributed by atoms with Gasteiger partial charge in [-0.3, -0.25) is 9.69 Å². The monoisotopic (exact) mass is 340 g/mol. The second-order valence-electron chi connectivity index (χ2n) is 7.20. The highest BCUT2D eigenvalue weighted by molar-refractivity contribution is 5.98. The van der Waals surface area contributed by atoms with E-state index in [-0.39, 0.29) is 5.91 Å². The van der Waals surface area contributed by atoms with Crippen LogP contribution in [0.5, 0.6) is 0 Å². The van der Waals surface area contributed by atoms with Gasteiger partial charge in [0.05, 0.1) is 13.2 Å². The van der Waals surface area contributed by atoms with Crippen LogP contribution in [0.4, 0.5) is 0 Å². The molecule has 1 aliphatic rings. The van der Waals surface area contributed by atoms with Gasteiger partial charge in [-0.25, -0.2) is 0 Å². The van der Waals surface area contributed by atoms with E-state index in [2.05, 4.69) is 30.1 Å². The highest BCUT2D eigenvalue weighted by Crippen LogP contribution is 2.16. The second-order valence-corrected chi connectivity index (χ2v) is 7.20. The van der Waals surface area contributed by atoms with Crippen LogP contribution in [-0.4, -0.2) is 49.7 Å². The number of fused-ring (bicyclic) bond motifs is 1. The van der Waals surface area contributed by atoms with Crippen molar-refractivity contribution < 1.29 is 9.53 Å². The Hall–Kier alpha value is -1.91. The van der Waals surface area contributed by atoms with Crippen LogP contribution in [-0.2, 0) is 4.74 Å². The smallest absolute Gasteiger partial charge is 0.251 e. The van der Waals surface area contributed by atoms with Crippen molar-refractivity contribution in [1.29, 1.82) is 0 Å². The first-order valence-corrected chi connectivity index (χ1v) is 9.22. The minimum Gasteiger partial charge on any atom is -0.379 e. The number of benzene rings is 2. The number of ether oxygens (including phenoxy) is 1. The lowest BCUT2D eigenvalue weighted by Crippen LogP contribution is -2.49. The van der Waals surface area contributed by atoms with Crippen LogP contribution in [0.3, 0.4) is 0 Å². The molecule has 0 bridgehead atoms. The van der Waals surface area contributed by atoms with E-state index in [1.807, 2.05) is 36.4 Å². The quantitative estimate of drug-likeness (QED) is 0.877. The Morgan fingerprint density at radius 1 is 1.12 bits per heavy atom. The zero-order chi connectivity index (χ0) is 17.6. The third-order valence-electron chi connectivity index (χ3n) is 4.82. The molecular formula is C21H28N2O2. The van der Waals surface area contributed by atoms with Crippen molar-refractivity contribution in [3.05, 3.63) is 48.0 Å². The maximum atomic E-state index is 12.6. The maximum absolute atomic E-state index is 12.6. The fourth-order valence-corrected chi connectivity index (χ4v) is 3.49. The number of rotatable bonds is 6. The van der Waals surface area contributed by atoms with Gasteiger partial charge in [-0.05, 0) is 35.2 Å². The molecule has 1 N–H and O–H groups in total. The number of hydrogen-bond donors (Lipinski definition) is 1. The Balaban J connectivity index is 1.64. The summed E-state index contributed by atoms with van der Waals surface area (Å²) >= 11 is 0. The summed E-state index contributed by atoms with van der Waals surface area (Å²) in [4.78, 5) is 15.1. The van der Waals surface area contributed by atoms with E-state index in [4.69, 9.17) is 4.74 Å². The lowest BCUT2D eigenvalue weighted by atomic mass is 10.0. The number of morpholine rings is 1. The lowest BCUT2D eigenvalue weighted by Gasteiger charge is -2.35. The standard InChI is InChI=1S/C21H28N2O2/c1-16(2)13-20(23-9-11-25-12-10-23)15-22-21(24)19-8-7-17-5-3-4-6-18(17)14-19/h3-8,14,16,20H,9-13,15H2,1-2H3,(H,22,24)/t20-/m1/s1. The molecule has 0 aromatic heterocycles. The van der Waals surface area contributed by atoms with E-state index in [0.717, 1.165) is 49.1 Å². The average molecular weight is 340 g/mol. The van der Waals surface area contributed by atoms with Gasteiger partial charge in [0.1, 0.15) is 0 Å². The van der Waals surface area contributed by atoms with Crippen molar-refractivity contribution in [3.63, 3.8) is 0 Å². The van der Waals surface area contributed by atoms with Crippen LogP contribution in [0, 0.1) is 5.92 Å². The molecule has 1 fully saturated rings. The van der Waals surface area contributed by atoms with Gasteiger partial charge in [-0.15, -0.1) is 0 Å². The van der Waals surface area contributed by atoms with Gasteiger partial charge in [-0.2, -0.15) is 0 Å². The van der Waals surface area contributed by atoms with Crippen molar-refractivity contribution >= 4 is 16.7 Å². The molecule has 134 valence electrons. The minimum absolute atomic E-state index is 0.00719. The van der Waals surface area contributed by atoms with E-state index in [1.165, 1.54) is 0 Å². The average Bonchev–Trinajstić information content (AvgIpc) is 2.65. The van der Waals surface area contributed by atoms with E-state index < -0.39 is 0 Å². The number of amides is 1. The molecule has 0 unspecified atom stereocenters. The molecule has 1 aliphatic heterocycles. The Morgan fingerprint density at radius 3 is 2.56 bits per heavy atom. The van der Waals surface area contributed by atoms with Crippen molar-refractivity contribution in [2.45, 2.75) is 26.3 Å². The van der Waals surface area contributed by atoms with Crippen LogP contribution in [0.1, 0.15) is 30.6 Å². The molecule has 1 heterocycles. The summed E-state index contributed by atoms with van der Waals surface area (Å²) in [5, 5.41) is 5.40. The fraction of sp³-hybridized carbons (Fsp3) is 0.476. The third kappa shape index (κ3) is 4.80. The molecule has 4 nitrogen and oxygen atoms in total. The van der Waals surface area contributed by atoms with Crippen molar-refractivity contribution in [2.75, 3.05) is 32.8 Å². The molecule has 0 radical (unpaired) electrons. The fourth-order valence-electron chi connectivity index (χ4n) is 3.49. The minimum atomic E-state index is 0.00719. The molecule has 0 spiro atoms. The van der Waals surface area contributed by atoms with E-state index in [0.29, 0.717) is 18.5 Å². The summed E-state index contributed by atoms with van der Waals surface area (Å²) in [7, 11) is 0. The van der Waals surface area contributed by atoms with E-state index in [9.17, 15) is 4.79 Å². The molecule has 0 aliphatic carbocycles. The van der Waals surface area contributed by atoms with Crippen LogP contribution < -0.4 is 5.32 Å². The van der Waals surface area contributed by atoms with Gasteiger partial charge in [-0.1, -0.05) is 44.2 Å². The molecule has 0 saturated carbocycles. The summed E-state index contributed by atoms with van der Waals surface area (Å²) in [6.45, 7) is 8.62. The molecule has 25 heavy (non-hydrogen) atoms. The van der Waals surface area contributed by atoms with Gasteiger partial charge in [0.25, 0.3) is 5.91 Å². The topological polar surface area (TPSA) is 41.6 Å². The first kappa shape index (κ1) is 17.9. The normalized spacial score (nSPS) is 16.9. The zero-order valence-electron chi connectivity index (χ0n) is 15.2. The summed E-state index contributed by atoms with van der Waals surface area (Å²) < 4.78 is 5.46. The van der Waals surface area contributed by atoms with Gasteiger partial charge in [0, 0.05) is 31.2 Å². The van der Waals surface area contributed by atoms with E-state index in [1.54, 1.807) is 0 Å². The molecule has 4 heteroatoms. The summed E-state index contributed by atoms with van der Waals surface area (Å²) in [5.74, 6) is 0.609. The Morgan fingerprint density at radius 2 is 1.84 bits per heavy atom.